The van der Waals surface area contributed by atoms with Crippen LogP contribution in [0.2, 0.25) is 0 Å². The maximum Gasteiger partial charge on any atom is 0.326 e. The van der Waals surface area contributed by atoms with Gasteiger partial charge in [-0.3, -0.25) is 29.3 Å². The summed E-state index contributed by atoms with van der Waals surface area (Å²) in [6.07, 6.45) is 0.179. The summed E-state index contributed by atoms with van der Waals surface area (Å²) in [6.45, 7) is 5.69. The standard InChI is InChI=1S/C25H49N9O8/c1-13(2)11-17(23(40)34-18(24(41)42)12-19(35)36)33-22(39)15(7-4-5-9-26)32-21(38)16(31-20(37)14(3)27)8-6-10-30-25(28)29/h13-18,25,30H,4-12,26-29H2,1-3H3,(H,31,37)(H,32,38)(H,33,39)(H,34,40)(H,35,36)(H,41,42)/t14-,15-,16-,17-,18-/m0/s1. The first kappa shape index (κ1) is 38.6. The molecule has 0 spiro atoms. The van der Waals surface area contributed by atoms with Crippen molar-refractivity contribution in [3.63, 3.8) is 0 Å². The summed E-state index contributed by atoms with van der Waals surface area (Å²) in [7, 11) is 0. The molecule has 42 heavy (non-hydrogen) atoms. The number of carbonyl (C=O) groups excluding carboxylic acids is 4. The molecule has 0 heterocycles. The number of carboxylic acids is 2. The third-order valence-corrected chi connectivity index (χ3v) is 6.01. The van der Waals surface area contributed by atoms with E-state index < -0.39 is 78.5 Å². The van der Waals surface area contributed by atoms with Gasteiger partial charge in [0.15, 0.2) is 0 Å². The van der Waals surface area contributed by atoms with Crippen molar-refractivity contribution >= 4 is 35.6 Å². The average molecular weight is 604 g/mol. The van der Waals surface area contributed by atoms with Gasteiger partial charge in [0.05, 0.1) is 12.5 Å². The molecule has 0 rings (SSSR count). The molecule has 0 aromatic heterocycles. The van der Waals surface area contributed by atoms with Crippen LogP contribution in [-0.4, -0.2) is 95.4 Å². The molecule has 17 nitrogen and oxygen atoms in total. The maximum absolute atomic E-state index is 13.4. The number of hydrogen-bond donors (Lipinski definition) is 11. The van der Waals surface area contributed by atoms with E-state index in [0.717, 1.165) is 0 Å². The fraction of sp³-hybridized carbons (Fsp3) is 0.760. The second-order valence-electron chi connectivity index (χ2n) is 10.5. The Kier molecular flexibility index (Phi) is 18.8. The number of unbranched alkanes of at least 4 members (excludes halogenated alkanes) is 1. The minimum atomic E-state index is -1.71. The third kappa shape index (κ3) is 16.8. The molecule has 0 unspecified atom stereocenters. The number of rotatable bonds is 22. The molecule has 0 fully saturated rings. The van der Waals surface area contributed by atoms with Gasteiger partial charge in [0, 0.05) is 0 Å². The van der Waals surface area contributed by atoms with Crippen LogP contribution in [0.15, 0.2) is 0 Å². The lowest BCUT2D eigenvalue weighted by Gasteiger charge is -2.27. The van der Waals surface area contributed by atoms with Crippen LogP contribution in [0.1, 0.15) is 65.7 Å². The van der Waals surface area contributed by atoms with Crippen LogP contribution in [0, 0.1) is 5.92 Å². The Morgan fingerprint density at radius 3 is 1.60 bits per heavy atom. The summed E-state index contributed by atoms with van der Waals surface area (Å²) < 4.78 is 0. The summed E-state index contributed by atoms with van der Waals surface area (Å²) in [5.74, 6) is -5.94. The number of carbonyl (C=O) groups is 6. The molecule has 0 aliphatic carbocycles. The molecule has 0 saturated heterocycles. The zero-order valence-corrected chi connectivity index (χ0v) is 24.6. The van der Waals surface area contributed by atoms with Crippen molar-refractivity contribution in [2.45, 2.75) is 102 Å². The molecule has 0 aromatic carbocycles. The lowest BCUT2D eigenvalue weighted by Crippen LogP contribution is -2.58. The molecule has 0 radical (unpaired) electrons. The molecule has 17 heteroatoms. The Morgan fingerprint density at radius 2 is 1.14 bits per heavy atom. The van der Waals surface area contributed by atoms with Gasteiger partial charge in [0.2, 0.25) is 23.6 Å². The van der Waals surface area contributed by atoms with E-state index in [1.807, 2.05) is 0 Å². The molecule has 0 bridgehead atoms. The molecule has 0 aliphatic heterocycles. The van der Waals surface area contributed by atoms with Crippen molar-refractivity contribution in [2.24, 2.45) is 28.9 Å². The van der Waals surface area contributed by atoms with Gasteiger partial charge in [-0.25, -0.2) is 4.79 Å². The summed E-state index contributed by atoms with van der Waals surface area (Å²) in [4.78, 5) is 74.3. The minimum Gasteiger partial charge on any atom is -0.481 e. The lowest BCUT2D eigenvalue weighted by molar-refractivity contribution is -0.147. The van der Waals surface area contributed by atoms with Crippen LogP contribution in [0.25, 0.3) is 0 Å². The Morgan fingerprint density at radius 1 is 0.667 bits per heavy atom. The molecule has 4 amide bonds. The van der Waals surface area contributed by atoms with Crippen molar-refractivity contribution in [3.8, 4) is 0 Å². The van der Waals surface area contributed by atoms with Crippen molar-refractivity contribution < 1.29 is 39.0 Å². The van der Waals surface area contributed by atoms with Gasteiger partial charge < -0.3 is 54.4 Å². The highest BCUT2D eigenvalue weighted by atomic mass is 16.4. The summed E-state index contributed by atoms with van der Waals surface area (Å²) in [6, 6.07) is -6.01. The Balaban J connectivity index is 5.85. The van der Waals surface area contributed by atoms with Crippen molar-refractivity contribution in [3.05, 3.63) is 0 Å². The largest absolute Gasteiger partial charge is 0.481 e. The van der Waals surface area contributed by atoms with Gasteiger partial charge >= 0.3 is 11.9 Å². The van der Waals surface area contributed by atoms with E-state index in [1.54, 1.807) is 13.8 Å². The van der Waals surface area contributed by atoms with Crippen molar-refractivity contribution in [2.75, 3.05) is 13.1 Å². The van der Waals surface area contributed by atoms with Gasteiger partial charge in [0.1, 0.15) is 30.5 Å². The van der Waals surface area contributed by atoms with Crippen LogP contribution >= 0.6 is 0 Å². The second-order valence-corrected chi connectivity index (χ2v) is 10.5. The summed E-state index contributed by atoms with van der Waals surface area (Å²) >= 11 is 0. The normalized spacial score (nSPS) is 14.8. The molecule has 0 aliphatic rings. The van der Waals surface area contributed by atoms with Crippen LogP contribution in [0.4, 0.5) is 0 Å². The zero-order valence-electron chi connectivity index (χ0n) is 24.6. The number of carboxylic acid groups (broad SMARTS) is 2. The fourth-order valence-electron chi connectivity index (χ4n) is 3.80. The molecule has 242 valence electrons. The van der Waals surface area contributed by atoms with E-state index in [-0.39, 0.29) is 25.2 Å². The molecular formula is C25H49N9O8. The SMILES string of the molecule is CC(C)C[C@H](NC(=O)[C@H](CCCCN)NC(=O)[C@H](CCCNC(N)N)NC(=O)[C@H](C)N)C(=O)N[C@@H](CC(=O)O)C(=O)O. The van der Waals surface area contributed by atoms with Crippen LogP contribution in [-0.2, 0) is 28.8 Å². The van der Waals surface area contributed by atoms with Crippen LogP contribution < -0.4 is 49.5 Å². The number of aliphatic carboxylic acids is 2. The number of nitrogens with two attached hydrogens (primary N) is 4. The third-order valence-electron chi connectivity index (χ3n) is 6.01. The van der Waals surface area contributed by atoms with E-state index in [1.165, 1.54) is 6.92 Å². The smallest absolute Gasteiger partial charge is 0.326 e. The van der Waals surface area contributed by atoms with E-state index in [2.05, 4.69) is 26.6 Å². The van der Waals surface area contributed by atoms with Gasteiger partial charge in [-0.15, -0.1) is 0 Å². The molecular weight excluding hydrogens is 554 g/mol. The maximum atomic E-state index is 13.4. The Labute approximate surface area is 245 Å². The first-order valence-electron chi connectivity index (χ1n) is 13.9. The van der Waals surface area contributed by atoms with E-state index in [9.17, 15) is 33.9 Å². The summed E-state index contributed by atoms with van der Waals surface area (Å²) in [5, 5.41) is 31.0. The topological polar surface area (TPSA) is 307 Å². The number of nitrogens with one attached hydrogen (secondary N) is 5. The lowest BCUT2D eigenvalue weighted by atomic mass is 10.0. The van der Waals surface area contributed by atoms with Gasteiger partial charge in [-0.05, 0) is 64.5 Å². The molecule has 5 atom stereocenters. The highest BCUT2D eigenvalue weighted by molar-refractivity contribution is 5.95. The number of amides is 4. The monoisotopic (exact) mass is 603 g/mol. The van der Waals surface area contributed by atoms with Crippen LogP contribution in [0.3, 0.4) is 0 Å². The fourth-order valence-corrected chi connectivity index (χ4v) is 3.80. The minimum absolute atomic E-state index is 0.101. The summed E-state index contributed by atoms with van der Waals surface area (Å²) in [5.41, 5.74) is 22.1. The number of hydrogen-bond acceptors (Lipinski definition) is 11. The van der Waals surface area contributed by atoms with Crippen molar-refractivity contribution in [1.29, 1.82) is 0 Å². The van der Waals surface area contributed by atoms with Crippen LogP contribution in [0.5, 0.6) is 0 Å². The quantitative estimate of drug-likeness (QED) is 0.0425. The highest BCUT2D eigenvalue weighted by Gasteiger charge is 2.32. The predicted molar refractivity (Wildman–Crippen MR) is 153 cm³/mol. The first-order chi connectivity index (χ1) is 19.6. The van der Waals surface area contributed by atoms with Crippen molar-refractivity contribution in [1.82, 2.24) is 26.6 Å². The molecule has 0 saturated carbocycles. The second kappa shape index (κ2) is 20.5. The van der Waals surface area contributed by atoms with Gasteiger partial charge in [0.25, 0.3) is 0 Å². The van der Waals surface area contributed by atoms with E-state index >= 15 is 0 Å². The Bertz CT molecular complexity index is 901. The average Bonchev–Trinajstić information content (AvgIpc) is 2.87. The molecule has 15 N–H and O–H groups in total. The van der Waals surface area contributed by atoms with E-state index in [0.29, 0.717) is 32.4 Å². The first-order valence-corrected chi connectivity index (χ1v) is 13.9. The van der Waals surface area contributed by atoms with E-state index in [4.69, 9.17) is 28.0 Å². The zero-order chi connectivity index (χ0) is 32.4. The molecule has 0 aromatic rings. The highest BCUT2D eigenvalue weighted by Crippen LogP contribution is 2.09. The van der Waals surface area contributed by atoms with Gasteiger partial charge in [-0.1, -0.05) is 13.8 Å². The van der Waals surface area contributed by atoms with Gasteiger partial charge in [-0.2, -0.15) is 0 Å². The Hall–Kier alpha value is -3.38. The predicted octanol–water partition coefficient (Wildman–Crippen LogP) is -3.42.